The largest absolute Gasteiger partial charge is 0.368 e. The predicted octanol–water partition coefficient (Wildman–Crippen LogP) is 2.47. The maximum absolute atomic E-state index is 13.0. The zero-order valence-electron chi connectivity index (χ0n) is 16.0. The standard InChI is InChI=1S/C21H23N5O2/c1-15-12-16(13-22)4-5-17(15)20(27)26-10-11-28-19(14-26)18-6-7-23-21(24-18)25-8-2-3-9-25/h4-7,12,19H,2-3,8-11,14H2,1H3/t19-/m0/s1. The molecule has 2 aliphatic rings. The van der Waals surface area contributed by atoms with Crippen molar-refractivity contribution in [3.05, 3.63) is 52.8 Å². The Morgan fingerprint density at radius 1 is 1.25 bits per heavy atom. The third kappa shape index (κ3) is 3.69. The van der Waals surface area contributed by atoms with E-state index in [1.807, 2.05) is 13.0 Å². The van der Waals surface area contributed by atoms with Crippen molar-refractivity contribution in [2.75, 3.05) is 37.7 Å². The lowest BCUT2D eigenvalue weighted by molar-refractivity contribution is -0.0247. The van der Waals surface area contributed by atoms with Crippen molar-refractivity contribution in [2.45, 2.75) is 25.9 Å². The summed E-state index contributed by atoms with van der Waals surface area (Å²) in [5, 5.41) is 9.02. The van der Waals surface area contributed by atoms with Crippen molar-refractivity contribution in [3.8, 4) is 6.07 Å². The van der Waals surface area contributed by atoms with Crippen molar-refractivity contribution in [3.63, 3.8) is 0 Å². The monoisotopic (exact) mass is 377 g/mol. The Bertz CT molecular complexity index is 917. The zero-order chi connectivity index (χ0) is 19.5. The van der Waals surface area contributed by atoms with Crippen molar-refractivity contribution < 1.29 is 9.53 Å². The van der Waals surface area contributed by atoms with E-state index in [1.54, 1.807) is 29.3 Å². The van der Waals surface area contributed by atoms with E-state index in [1.165, 1.54) is 12.8 Å². The van der Waals surface area contributed by atoms with Crippen LogP contribution in [0.2, 0.25) is 0 Å². The van der Waals surface area contributed by atoms with E-state index in [0.29, 0.717) is 30.8 Å². The van der Waals surface area contributed by atoms with Crippen LogP contribution in [0.5, 0.6) is 0 Å². The summed E-state index contributed by atoms with van der Waals surface area (Å²) in [7, 11) is 0. The number of rotatable bonds is 3. The lowest BCUT2D eigenvalue weighted by atomic mass is 10.0. The molecule has 7 heteroatoms. The number of anilines is 1. The first kappa shape index (κ1) is 18.4. The summed E-state index contributed by atoms with van der Waals surface area (Å²) < 4.78 is 5.92. The van der Waals surface area contributed by atoms with E-state index in [9.17, 15) is 4.79 Å². The topological polar surface area (TPSA) is 82.3 Å². The minimum atomic E-state index is -0.263. The Hall–Kier alpha value is -2.98. The van der Waals surface area contributed by atoms with Gasteiger partial charge in [0, 0.05) is 31.4 Å². The van der Waals surface area contributed by atoms with Crippen LogP contribution in [0.4, 0.5) is 5.95 Å². The number of aromatic nitrogens is 2. The van der Waals surface area contributed by atoms with E-state index in [-0.39, 0.29) is 12.0 Å². The van der Waals surface area contributed by atoms with Gasteiger partial charge in [-0.1, -0.05) is 0 Å². The number of nitriles is 1. The molecule has 0 N–H and O–H groups in total. The van der Waals surface area contributed by atoms with Gasteiger partial charge in [0.15, 0.2) is 0 Å². The van der Waals surface area contributed by atoms with Gasteiger partial charge in [0.1, 0.15) is 6.10 Å². The normalized spacial score (nSPS) is 19.5. The van der Waals surface area contributed by atoms with Gasteiger partial charge >= 0.3 is 0 Å². The van der Waals surface area contributed by atoms with Gasteiger partial charge in [0.05, 0.1) is 30.5 Å². The Balaban J connectivity index is 1.51. The second kappa shape index (κ2) is 7.95. The maximum atomic E-state index is 13.0. The van der Waals surface area contributed by atoms with Crippen LogP contribution in [0, 0.1) is 18.3 Å². The molecule has 2 saturated heterocycles. The number of hydrogen-bond acceptors (Lipinski definition) is 6. The first-order valence-electron chi connectivity index (χ1n) is 9.65. The average Bonchev–Trinajstić information content (AvgIpc) is 3.28. The summed E-state index contributed by atoms with van der Waals surface area (Å²) in [6, 6.07) is 9.14. The Morgan fingerprint density at radius 2 is 2.07 bits per heavy atom. The van der Waals surface area contributed by atoms with Gasteiger partial charge in [0.25, 0.3) is 5.91 Å². The zero-order valence-corrected chi connectivity index (χ0v) is 16.0. The van der Waals surface area contributed by atoms with Crippen LogP contribution in [0.3, 0.4) is 0 Å². The number of nitrogens with zero attached hydrogens (tertiary/aromatic N) is 5. The van der Waals surface area contributed by atoms with Crippen LogP contribution in [-0.4, -0.2) is 53.6 Å². The first-order chi connectivity index (χ1) is 13.7. The highest BCUT2D eigenvalue weighted by Crippen LogP contribution is 2.25. The molecule has 2 aliphatic heterocycles. The molecule has 3 heterocycles. The van der Waals surface area contributed by atoms with Gasteiger partial charge in [-0.2, -0.15) is 5.26 Å². The molecular weight excluding hydrogens is 354 g/mol. The van der Waals surface area contributed by atoms with E-state index >= 15 is 0 Å². The molecule has 1 atom stereocenters. The number of carbonyl (C=O) groups excluding carboxylic acids is 1. The number of benzene rings is 1. The van der Waals surface area contributed by atoms with Crippen molar-refractivity contribution in [1.29, 1.82) is 5.26 Å². The summed E-state index contributed by atoms with van der Waals surface area (Å²) >= 11 is 0. The minimum absolute atomic E-state index is 0.0379. The lowest BCUT2D eigenvalue weighted by Crippen LogP contribution is -2.42. The average molecular weight is 377 g/mol. The molecule has 0 aliphatic carbocycles. The van der Waals surface area contributed by atoms with Gasteiger partial charge in [-0.3, -0.25) is 4.79 Å². The number of ether oxygens (including phenoxy) is 1. The highest BCUT2D eigenvalue weighted by Gasteiger charge is 2.28. The molecule has 0 unspecified atom stereocenters. The predicted molar refractivity (Wildman–Crippen MR) is 104 cm³/mol. The molecule has 28 heavy (non-hydrogen) atoms. The second-order valence-corrected chi connectivity index (χ2v) is 7.23. The number of hydrogen-bond donors (Lipinski definition) is 0. The quantitative estimate of drug-likeness (QED) is 0.817. The summed E-state index contributed by atoms with van der Waals surface area (Å²) in [6.07, 6.45) is 3.84. The molecule has 0 radical (unpaired) electrons. The fourth-order valence-corrected chi connectivity index (χ4v) is 3.77. The van der Waals surface area contributed by atoms with Gasteiger partial charge in [0.2, 0.25) is 5.95 Å². The van der Waals surface area contributed by atoms with Gasteiger partial charge in [-0.25, -0.2) is 9.97 Å². The van der Waals surface area contributed by atoms with Crippen LogP contribution >= 0.6 is 0 Å². The van der Waals surface area contributed by atoms with E-state index in [4.69, 9.17) is 15.0 Å². The van der Waals surface area contributed by atoms with Gasteiger partial charge in [-0.15, -0.1) is 0 Å². The van der Waals surface area contributed by atoms with Crippen LogP contribution in [-0.2, 0) is 4.74 Å². The number of carbonyl (C=O) groups is 1. The lowest BCUT2D eigenvalue weighted by Gasteiger charge is -2.33. The first-order valence-corrected chi connectivity index (χ1v) is 9.65. The van der Waals surface area contributed by atoms with Crippen molar-refractivity contribution >= 4 is 11.9 Å². The molecule has 7 nitrogen and oxygen atoms in total. The third-order valence-corrected chi connectivity index (χ3v) is 5.32. The van der Waals surface area contributed by atoms with Crippen LogP contribution in [0.1, 0.15) is 46.1 Å². The second-order valence-electron chi connectivity index (χ2n) is 7.23. The molecular formula is C21H23N5O2. The Morgan fingerprint density at radius 3 is 2.82 bits per heavy atom. The fraction of sp³-hybridized carbons (Fsp3) is 0.429. The molecule has 4 rings (SSSR count). The molecule has 1 aromatic carbocycles. The van der Waals surface area contributed by atoms with E-state index in [2.05, 4.69) is 16.0 Å². The molecule has 0 spiro atoms. The van der Waals surface area contributed by atoms with Crippen LogP contribution < -0.4 is 4.90 Å². The summed E-state index contributed by atoms with van der Waals surface area (Å²) in [5.74, 6) is 0.703. The number of morpholine rings is 1. The highest BCUT2D eigenvalue weighted by molar-refractivity contribution is 5.95. The molecule has 0 bridgehead atoms. The maximum Gasteiger partial charge on any atom is 0.254 e. The van der Waals surface area contributed by atoms with E-state index < -0.39 is 0 Å². The number of amides is 1. The van der Waals surface area contributed by atoms with Gasteiger partial charge in [-0.05, 0) is 49.6 Å². The molecule has 2 fully saturated rings. The molecule has 1 amide bonds. The smallest absolute Gasteiger partial charge is 0.254 e. The number of aryl methyl sites for hydroxylation is 1. The Labute approximate surface area is 164 Å². The van der Waals surface area contributed by atoms with Crippen molar-refractivity contribution in [1.82, 2.24) is 14.9 Å². The van der Waals surface area contributed by atoms with Crippen molar-refractivity contribution in [2.24, 2.45) is 0 Å². The van der Waals surface area contributed by atoms with Crippen LogP contribution in [0.25, 0.3) is 0 Å². The summed E-state index contributed by atoms with van der Waals surface area (Å²) in [4.78, 5) is 26.1. The summed E-state index contributed by atoms with van der Waals surface area (Å²) in [6.45, 7) is 5.29. The molecule has 2 aromatic rings. The third-order valence-electron chi connectivity index (χ3n) is 5.32. The SMILES string of the molecule is Cc1cc(C#N)ccc1C(=O)N1CCO[C@H](c2ccnc(N3CCCC3)n2)C1. The van der Waals surface area contributed by atoms with Crippen LogP contribution in [0.15, 0.2) is 30.5 Å². The minimum Gasteiger partial charge on any atom is -0.368 e. The fourth-order valence-electron chi connectivity index (χ4n) is 3.77. The van der Waals surface area contributed by atoms with Gasteiger partial charge < -0.3 is 14.5 Å². The summed E-state index contributed by atoms with van der Waals surface area (Å²) in [5.41, 5.74) is 2.81. The molecule has 144 valence electrons. The van der Waals surface area contributed by atoms with E-state index in [0.717, 1.165) is 30.3 Å². The Kier molecular flexibility index (Phi) is 5.22. The molecule has 0 saturated carbocycles. The molecule has 1 aromatic heterocycles. The highest BCUT2D eigenvalue weighted by atomic mass is 16.5.